The van der Waals surface area contributed by atoms with Crippen molar-refractivity contribution in [1.82, 2.24) is 30.0 Å². The zero-order valence-corrected chi connectivity index (χ0v) is 25.5. The van der Waals surface area contributed by atoms with Crippen LogP contribution in [0.1, 0.15) is 18.7 Å². The predicted octanol–water partition coefficient (Wildman–Crippen LogP) is 4.52. The Balaban J connectivity index is 1.21. The second-order valence-corrected chi connectivity index (χ2v) is 12.5. The van der Waals surface area contributed by atoms with Gasteiger partial charge in [-0.05, 0) is 32.1 Å². The molecule has 45 heavy (non-hydrogen) atoms. The van der Waals surface area contributed by atoms with E-state index >= 15 is 0 Å². The number of thiophene rings is 1. The Morgan fingerprint density at radius 1 is 1.02 bits per heavy atom. The number of halogens is 4. The molecular weight excluding hydrogens is 614 g/mol. The van der Waals surface area contributed by atoms with Crippen LogP contribution >= 0.6 is 11.3 Å². The number of fused-ring (bicyclic) bond motifs is 2. The molecule has 2 aliphatic rings. The quantitative estimate of drug-likeness (QED) is 0.220. The molecule has 2 fully saturated rings. The first-order valence-corrected chi connectivity index (χ1v) is 15.3. The SMILES string of the molecule is CC(C)=CC(=O)C(F)(F)C(F)(F)C(=O)N1CCN(Cc2cc3nc(-c4cccc5[nH]ncc45)nc(N4CCOCC4)c3s2)CC1. The van der Waals surface area contributed by atoms with Crippen LogP contribution in [-0.4, -0.2) is 106 Å². The number of piperazine rings is 1. The van der Waals surface area contributed by atoms with E-state index in [1.54, 1.807) is 6.20 Å². The normalized spacial score (nSPS) is 16.8. The van der Waals surface area contributed by atoms with Crippen molar-refractivity contribution >= 4 is 50.0 Å². The molecule has 1 aromatic carbocycles. The molecule has 15 heteroatoms. The van der Waals surface area contributed by atoms with E-state index in [2.05, 4.69) is 15.1 Å². The number of morpholine rings is 1. The highest BCUT2D eigenvalue weighted by atomic mass is 32.1. The van der Waals surface area contributed by atoms with E-state index in [4.69, 9.17) is 14.7 Å². The molecule has 4 aromatic rings. The van der Waals surface area contributed by atoms with Crippen LogP contribution in [0.25, 0.3) is 32.5 Å². The molecule has 10 nitrogen and oxygen atoms in total. The number of aromatic nitrogens is 4. The van der Waals surface area contributed by atoms with Gasteiger partial charge in [-0.1, -0.05) is 17.7 Å². The highest BCUT2D eigenvalue weighted by Crippen LogP contribution is 2.39. The van der Waals surface area contributed by atoms with Crippen LogP contribution < -0.4 is 4.90 Å². The second-order valence-electron chi connectivity index (χ2n) is 11.3. The molecule has 0 unspecified atom stereocenters. The van der Waals surface area contributed by atoms with Gasteiger partial charge in [-0.3, -0.25) is 19.6 Å². The lowest BCUT2D eigenvalue weighted by molar-refractivity contribution is -0.214. The highest BCUT2D eigenvalue weighted by Gasteiger charge is 2.66. The van der Waals surface area contributed by atoms with Crippen molar-refractivity contribution in [3.05, 3.63) is 47.0 Å². The van der Waals surface area contributed by atoms with E-state index in [1.807, 2.05) is 29.2 Å². The number of benzene rings is 1. The van der Waals surface area contributed by atoms with Crippen molar-refractivity contribution in [2.24, 2.45) is 0 Å². The third-order valence-electron chi connectivity index (χ3n) is 7.87. The first kappa shape index (κ1) is 31.0. The number of nitrogens with one attached hydrogen (secondary N) is 1. The van der Waals surface area contributed by atoms with Crippen molar-refractivity contribution in [1.29, 1.82) is 0 Å². The van der Waals surface area contributed by atoms with Crippen molar-refractivity contribution in [3.8, 4) is 11.4 Å². The maximum absolute atomic E-state index is 14.6. The summed E-state index contributed by atoms with van der Waals surface area (Å²) in [6.07, 6.45) is 2.17. The average Bonchev–Trinajstić information content (AvgIpc) is 3.67. The van der Waals surface area contributed by atoms with E-state index < -0.39 is 23.5 Å². The van der Waals surface area contributed by atoms with Crippen LogP contribution in [0, 0.1) is 0 Å². The minimum absolute atomic E-state index is 0.132. The van der Waals surface area contributed by atoms with Crippen molar-refractivity contribution in [2.75, 3.05) is 57.4 Å². The minimum Gasteiger partial charge on any atom is -0.378 e. The van der Waals surface area contributed by atoms with Crippen LogP contribution in [0.4, 0.5) is 23.4 Å². The third kappa shape index (κ3) is 5.91. The van der Waals surface area contributed by atoms with Gasteiger partial charge in [-0.25, -0.2) is 9.97 Å². The molecule has 3 aromatic heterocycles. The summed E-state index contributed by atoms with van der Waals surface area (Å²) in [7, 11) is 0. The van der Waals surface area contributed by atoms with Gasteiger partial charge < -0.3 is 14.5 Å². The Bertz CT molecular complexity index is 1770. The van der Waals surface area contributed by atoms with Crippen LogP contribution in [0.15, 0.2) is 42.1 Å². The molecular formula is C30H31F4N7O3S. The number of carbonyl (C=O) groups is 2. The molecule has 2 aliphatic heterocycles. The Hall–Kier alpha value is -3.95. The molecule has 1 amide bonds. The number of aromatic amines is 1. The number of hydrogen-bond acceptors (Lipinski definition) is 9. The summed E-state index contributed by atoms with van der Waals surface area (Å²) >= 11 is 1.53. The fourth-order valence-electron chi connectivity index (χ4n) is 5.49. The Morgan fingerprint density at radius 3 is 2.47 bits per heavy atom. The molecule has 0 radical (unpaired) electrons. The molecule has 238 valence electrons. The number of rotatable bonds is 8. The number of nitrogens with zero attached hydrogens (tertiary/aromatic N) is 6. The maximum atomic E-state index is 14.6. The molecule has 1 N–H and O–H groups in total. The van der Waals surface area contributed by atoms with Crippen LogP contribution in [0.3, 0.4) is 0 Å². The Morgan fingerprint density at radius 2 is 1.76 bits per heavy atom. The molecule has 0 spiro atoms. The average molecular weight is 646 g/mol. The number of amides is 1. The summed E-state index contributed by atoms with van der Waals surface area (Å²) in [5, 5.41) is 8.03. The summed E-state index contributed by atoms with van der Waals surface area (Å²) in [4.78, 5) is 40.0. The summed E-state index contributed by atoms with van der Waals surface area (Å²) in [6.45, 7) is 5.65. The summed E-state index contributed by atoms with van der Waals surface area (Å²) < 4.78 is 64.4. The lowest BCUT2D eigenvalue weighted by atomic mass is 10.0. The van der Waals surface area contributed by atoms with Crippen LogP contribution in [-0.2, 0) is 20.9 Å². The van der Waals surface area contributed by atoms with Crippen molar-refractivity contribution in [2.45, 2.75) is 32.2 Å². The van der Waals surface area contributed by atoms with Crippen LogP contribution in [0.5, 0.6) is 0 Å². The summed E-state index contributed by atoms with van der Waals surface area (Å²) in [5.74, 6) is -13.1. The van der Waals surface area contributed by atoms with E-state index in [0.717, 1.165) is 37.4 Å². The summed E-state index contributed by atoms with van der Waals surface area (Å²) in [6, 6.07) is 7.78. The first-order valence-electron chi connectivity index (χ1n) is 14.5. The number of carbonyl (C=O) groups excluding carboxylic acids is 2. The van der Waals surface area contributed by atoms with Crippen molar-refractivity contribution in [3.63, 3.8) is 0 Å². The summed E-state index contributed by atoms with van der Waals surface area (Å²) in [5.41, 5.74) is 2.61. The van der Waals surface area contributed by atoms with E-state index in [9.17, 15) is 27.2 Å². The molecule has 0 bridgehead atoms. The maximum Gasteiger partial charge on any atom is 0.394 e. The third-order valence-corrected chi connectivity index (χ3v) is 8.98. The standard InChI is InChI=1S/C30H31F4N7O3S/c1-18(2)14-24(42)29(31,32)30(33,34)28(43)41-8-6-39(7-9-41)17-19-15-23-25(45-19)27(40-10-12-44-13-11-40)37-26(36-23)20-4-3-5-22-21(20)16-35-38-22/h3-5,14-16H,6-13,17H2,1-2H3,(H,35,38). The lowest BCUT2D eigenvalue weighted by Crippen LogP contribution is -2.60. The molecule has 0 aliphatic carbocycles. The van der Waals surface area contributed by atoms with Gasteiger partial charge in [-0.2, -0.15) is 22.7 Å². The largest absolute Gasteiger partial charge is 0.394 e. The highest BCUT2D eigenvalue weighted by molar-refractivity contribution is 7.19. The van der Waals surface area contributed by atoms with Gasteiger partial charge in [0.15, 0.2) is 11.6 Å². The number of anilines is 1. The fourth-order valence-corrected chi connectivity index (χ4v) is 6.64. The van der Waals surface area contributed by atoms with Gasteiger partial charge in [0.1, 0.15) is 0 Å². The number of ether oxygens (including phenoxy) is 1. The number of alkyl halides is 4. The molecule has 0 saturated carbocycles. The fraction of sp³-hybridized carbons (Fsp3) is 0.433. The first-order chi connectivity index (χ1) is 21.5. The van der Waals surface area contributed by atoms with E-state index in [-0.39, 0.29) is 31.8 Å². The zero-order valence-electron chi connectivity index (χ0n) is 24.7. The van der Waals surface area contributed by atoms with Gasteiger partial charge in [-0.15, -0.1) is 11.3 Å². The van der Waals surface area contributed by atoms with Gasteiger partial charge in [0.2, 0.25) is 5.78 Å². The lowest BCUT2D eigenvalue weighted by Gasteiger charge is -2.37. The second kappa shape index (κ2) is 12.1. The predicted molar refractivity (Wildman–Crippen MR) is 162 cm³/mol. The monoisotopic (exact) mass is 645 g/mol. The smallest absolute Gasteiger partial charge is 0.378 e. The van der Waals surface area contributed by atoms with Gasteiger partial charge in [0.25, 0.3) is 5.91 Å². The number of hydrogen-bond donors (Lipinski definition) is 1. The van der Waals surface area contributed by atoms with Gasteiger partial charge in [0.05, 0.1) is 35.1 Å². The molecule has 2 saturated heterocycles. The van der Waals surface area contributed by atoms with E-state index in [1.165, 1.54) is 25.2 Å². The number of H-pyrrole nitrogens is 1. The van der Waals surface area contributed by atoms with Crippen molar-refractivity contribution < 1.29 is 31.9 Å². The Labute approximate surface area is 259 Å². The molecule has 6 rings (SSSR count). The van der Waals surface area contributed by atoms with Crippen LogP contribution in [0.2, 0.25) is 0 Å². The number of allylic oxidation sites excluding steroid dienone is 2. The molecule has 0 atom stereocenters. The van der Waals surface area contributed by atoms with Gasteiger partial charge >= 0.3 is 11.8 Å². The van der Waals surface area contributed by atoms with E-state index in [0.29, 0.717) is 49.6 Å². The number of ketones is 1. The minimum atomic E-state index is -5.16. The Kier molecular flexibility index (Phi) is 8.35. The zero-order chi connectivity index (χ0) is 31.9. The van der Waals surface area contributed by atoms with Gasteiger partial charge in [0, 0.05) is 61.6 Å². The molecule has 5 heterocycles. The topological polar surface area (TPSA) is 108 Å².